The molecule has 1 fully saturated rings. The van der Waals surface area contributed by atoms with E-state index in [1.54, 1.807) is 18.6 Å². The van der Waals surface area contributed by atoms with Crippen molar-refractivity contribution in [3.63, 3.8) is 0 Å². The zero-order chi connectivity index (χ0) is 18.9. The minimum atomic E-state index is -0.173. The van der Waals surface area contributed by atoms with Crippen LogP contribution in [-0.4, -0.2) is 46.3 Å². The Labute approximate surface area is 161 Å². The number of para-hydroxylation sites is 1. The van der Waals surface area contributed by atoms with Crippen molar-refractivity contribution in [1.29, 1.82) is 0 Å². The Morgan fingerprint density at radius 1 is 0.893 bits per heavy atom. The lowest BCUT2D eigenvalue weighted by atomic mass is 10.1. The third kappa shape index (κ3) is 2.94. The number of H-pyrrole nitrogens is 1. The summed E-state index contributed by atoms with van der Waals surface area (Å²) in [5, 5.41) is 7.90. The number of hydrogen-bond acceptors (Lipinski definition) is 5. The van der Waals surface area contributed by atoms with Crippen molar-refractivity contribution < 1.29 is 4.39 Å². The largest absolute Gasteiger partial charge is 0.366 e. The Balaban J connectivity index is 1.44. The van der Waals surface area contributed by atoms with Crippen LogP contribution in [0.2, 0.25) is 0 Å². The molecule has 0 aliphatic carbocycles. The zero-order valence-corrected chi connectivity index (χ0v) is 15.2. The van der Waals surface area contributed by atoms with Gasteiger partial charge in [-0.2, -0.15) is 5.10 Å². The number of aromatic nitrogens is 4. The van der Waals surface area contributed by atoms with Crippen molar-refractivity contribution in [2.45, 2.75) is 0 Å². The van der Waals surface area contributed by atoms with E-state index in [0.717, 1.165) is 54.0 Å². The van der Waals surface area contributed by atoms with Gasteiger partial charge in [0.1, 0.15) is 18.0 Å². The van der Waals surface area contributed by atoms with E-state index in [4.69, 9.17) is 0 Å². The molecule has 2 aromatic carbocycles. The Bertz CT molecular complexity index is 1100. The lowest BCUT2D eigenvalue weighted by Crippen LogP contribution is -2.47. The fraction of sp³-hybridized carbons (Fsp3) is 0.190. The van der Waals surface area contributed by atoms with Gasteiger partial charge < -0.3 is 9.80 Å². The number of piperazine rings is 1. The molecule has 28 heavy (non-hydrogen) atoms. The third-order valence-electron chi connectivity index (χ3n) is 5.22. The monoisotopic (exact) mass is 374 g/mol. The fourth-order valence-electron chi connectivity index (χ4n) is 3.75. The second-order valence-corrected chi connectivity index (χ2v) is 6.84. The van der Waals surface area contributed by atoms with Gasteiger partial charge in [-0.05, 0) is 29.8 Å². The van der Waals surface area contributed by atoms with Gasteiger partial charge in [-0.1, -0.05) is 18.2 Å². The molecule has 0 atom stereocenters. The van der Waals surface area contributed by atoms with E-state index in [1.807, 2.05) is 30.5 Å². The molecule has 7 heteroatoms. The average molecular weight is 374 g/mol. The van der Waals surface area contributed by atoms with Crippen LogP contribution in [0.3, 0.4) is 0 Å². The van der Waals surface area contributed by atoms with Crippen molar-refractivity contribution in [3.05, 3.63) is 67.0 Å². The summed E-state index contributed by atoms with van der Waals surface area (Å²) in [5.41, 5.74) is 3.68. The highest BCUT2D eigenvalue weighted by Gasteiger charge is 2.22. The van der Waals surface area contributed by atoms with Crippen LogP contribution in [0, 0.1) is 5.82 Å². The number of fused-ring (bicyclic) bond motifs is 1. The first-order valence-corrected chi connectivity index (χ1v) is 9.28. The molecule has 1 aliphatic rings. The molecular weight excluding hydrogens is 355 g/mol. The molecule has 140 valence electrons. The predicted molar refractivity (Wildman–Crippen MR) is 108 cm³/mol. The van der Waals surface area contributed by atoms with Crippen LogP contribution in [0.15, 0.2) is 61.2 Å². The molecule has 0 bridgehead atoms. The van der Waals surface area contributed by atoms with Crippen molar-refractivity contribution in [3.8, 4) is 11.1 Å². The molecule has 4 aromatic rings. The minimum Gasteiger partial charge on any atom is -0.366 e. The fourth-order valence-corrected chi connectivity index (χ4v) is 3.75. The van der Waals surface area contributed by atoms with E-state index < -0.39 is 0 Å². The molecule has 3 heterocycles. The molecular formula is C21H19FN6. The number of anilines is 2. The van der Waals surface area contributed by atoms with Crippen LogP contribution in [0.25, 0.3) is 22.0 Å². The first kappa shape index (κ1) is 16.7. The van der Waals surface area contributed by atoms with Crippen LogP contribution >= 0.6 is 0 Å². The first-order chi connectivity index (χ1) is 13.8. The molecule has 6 nitrogen and oxygen atoms in total. The minimum absolute atomic E-state index is 0.173. The van der Waals surface area contributed by atoms with Crippen molar-refractivity contribution in [2.24, 2.45) is 0 Å². The maximum absolute atomic E-state index is 14.1. The lowest BCUT2D eigenvalue weighted by molar-refractivity contribution is 0.596. The summed E-state index contributed by atoms with van der Waals surface area (Å²) < 4.78 is 14.1. The van der Waals surface area contributed by atoms with E-state index >= 15 is 0 Å². The average Bonchev–Trinajstić information content (AvgIpc) is 3.28. The summed E-state index contributed by atoms with van der Waals surface area (Å²) in [6, 6.07) is 13.1. The van der Waals surface area contributed by atoms with Gasteiger partial charge >= 0.3 is 0 Å². The van der Waals surface area contributed by atoms with Crippen LogP contribution in [0.5, 0.6) is 0 Å². The Hall–Kier alpha value is -3.48. The van der Waals surface area contributed by atoms with Crippen molar-refractivity contribution in [2.75, 3.05) is 36.0 Å². The normalized spacial score (nSPS) is 14.6. The van der Waals surface area contributed by atoms with E-state index in [0.29, 0.717) is 5.69 Å². The number of benzene rings is 2. The zero-order valence-electron chi connectivity index (χ0n) is 15.2. The molecule has 2 aromatic heterocycles. The quantitative estimate of drug-likeness (QED) is 0.595. The highest BCUT2D eigenvalue weighted by Crippen LogP contribution is 2.29. The molecule has 0 saturated carbocycles. The van der Waals surface area contributed by atoms with Gasteiger partial charge in [-0.25, -0.2) is 14.4 Å². The summed E-state index contributed by atoms with van der Waals surface area (Å²) >= 11 is 0. The SMILES string of the molecule is Fc1ccccc1N1CCN(c2ncnc3ccc(-c4cn[nH]c4)cc23)CC1. The highest BCUT2D eigenvalue weighted by atomic mass is 19.1. The summed E-state index contributed by atoms with van der Waals surface area (Å²) in [4.78, 5) is 13.3. The summed E-state index contributed by atoms with van der Waals surface area (Å²) in [6.45, 7) is 3.04. The topological polar surface area (TPSA) is 60.9 Å². The van der Waals surface area contributed by atoms with Gasteiger partial charge in [0.25, 0.3) is 0 Å². The Kier molecular flexibility index (Phi) is 4.12. The molecule has 0 amide bonds. The second-order valence-electron chi connectivity index (χ2n) is 6.84. The molecule has 1 saturated heterocycles. The van der Waals surface area contributed by atoms with E-state index in [9.17, 15) is 4.39 Å². The number of nitrogens with one attached hydrogen (secondary N) is 1. The molecule has 0 unspecified atom stereocenters. The number of rotatable bonds is 3. The highest BCUT2D eigenvalue weighted by molar-refractivity contribution is 5.92. The molecule has 0 radical (unpaired) electrons. The number of hydrogen-bond donors (Lipinski definition) is 1. The maximum Gasteiger partial charge on any atom is 0.146 e. The van der Waals surface area contributed by atoms with Gasteiger partial charge in [-0.3, -0.25) is 5.10 Å². The molecule has 5 rings (SSSR count). The molecule has 1 aliphatic heterocycles. The van der Waals surface area contributed by atoms with Crippen molar-refractivity contribution >= 4 is 22.4 Å². The van der Waals surface area contributed by atoms with Crippen LogP contribution in [-0.2, 0) is 0 Å². The summed E-state index contributed by atoms with van der Waals surface area (Å²) in [6.07, 6.45) is 5.29. The second kappa shape index (κ2) is 6.92. The van der Waals surface area contributed by atoms with Gasteiger partial charge in [0.05, 0.1) is 17.4 Å². The van der Waals surface area contributed by atoms with Crippen LogP contribution in [0.1, 0.15) is 0 Å². The predicted octanol–water partition coefficient (Wildman–Crippen LogP) is 3.49. The van der Waals surface area contributed by atoms with Gasteiger partial charge in [-0.15, -0.1) is 0 Å². The first-order valence-electron chi connectivity index (χ1n) is 9.28. The maximum atomic E-state index is 14.1. The Morgan fingerprint density at radius 3 is 2.50 bits per heavy atom. The summed E-state index contributed by atoms with van der Waals surface area (Å²) in [7, 11) is 0. The number of nitrogens with zero attached hydrogens (tertiary/aromatic N) is 5. The van der Waals surface area contributed by atoms with E-state index in [-0.39, 0.29) is 5.82 Å². The van der Waals surface area contributed by atoms with Crippen LogP contribution in [0.4, 0.5) is 15.9 Å². The Morgan fingerprint density at radius 2 is 1.71 bits per heavy atom. The van der Waals surface area contributed by atoms with E-state index in [2.05, 4.69) is 36.0 Å². The van der Waals surface area contributed by atoms with Crippen LogP contribution < -0.4 is 9.80 Å². The van der Waals surface area contributed by atoms with Gasteiger partial charge in [0, 0.05) is 43.3 Å². The standard InChI is InChI=1S/C21H19FN6/c22-18-3-1-2-4-20(18)27-7-9-28(10-8-27)21-17-11-15(16-12-25-26-13-16)5-6-19(17)23-14-24-21/h1-6,11-14H,7-10H2,(H,25,26). The number of aromatic amines is 1. The lowest BCUT2D eigenvalue weighted by Gasteiger charge is -2.37. The van der Waals surface area contributed by atoms with E-state index in [1.165, 1.54) is 6.07 Å². The molecule has 1 N–H and O–H groups in total. The number of halogens is 1. The summed E-state index contributed by atoms with van der Waals surface area (Å²) in [5.74, 6) is 0.747. The van der Waals surface area contributed by atoms with Crippen molar-refractivity contribution in [1.82, 2.24) is 20.2 Å². The van der Waals surface area contributed by atoms with Gasteiger partial charge in [0.2, 0.25) is 0 Å². The smallest absolute Gasteiger partial charge is 0.146 e. The third-order valence-corrected chi connectivity index (χ3v) is 5.22. The molecule has 0 spiro atoms. The van der Waals surface area contributed by atoms with Gasteiger partial charge in [0.15, 0.2) is 0 Å².